The van der Waals surface area contributed by atoms with Crippen molar-refractivity contribution in [2.75, 3.05) is 0 Å². The zero-order valence-corrected chi connectivity index (χ0v) is 13.3. The number of aromatic hydroxyl groups is 1. The molecule has 1 N–H and O–H groups in total. The Morgan fingerprint density at radius 3 is 2.67 bits per heavy atom. The summed E-state index contributed by atoms with van der Waals surface area (Å²) in [5.41, 5.74) is 0.309. The average molecular weight is 345 g/mol. The Morgan fingerprint density at radius 2 is 2.00 bits per heavy atom. The number of halogens is 3. The SMILES string of the molecule is CC(=O)c1cc(F)cc(CSc2cc(Cl)ccc2Cl)c1O. The largest absolute Gasteiger partial charge is 0.507 e. The first kappa shape index (κ1) is 16.1. The monoisotopic (exact) mass is 344 g/mol. The fraction of sp³-hybridized carbons (Fsp3) is 0.133. The summed E-state index contributed by atoms with van der Waals surface area (Å²) in [6, 6.07) is 7.25. The molecule has 0 aliphatic heterocycles. The first-order chi connectivity index (χ1) is 9.88. The number of hydrogen-bond donors (Lipinski definition) is 1. The van der Waals surface area contributed by atoms with E-state index in [-0.39, 0.29) is 22.8 Å². The van der Waals surface area contributed by atoms with Gasteiger partial charge in [0.2, 0.25) is 0 Å². The number of phenolic OH excluding ortho intramolecular Hbond substituents is 1. The predicted molar refractivity (Wildman–Crippen MR) is 84.1 cm³/mol. The molecule has 2 aromatic rings. The molecule has 2 aromatic carbocycles. The molecule has 0 aromatic heterocycles. The lowest BCUT2D eigenvalue weighted by Gasteiger charge is -2.09. The van der Waals surface area contributed by atoms with Crippen LogP contribution in [0, 0.1) is 5.82 Å². The zero-order valence-electron chi connectivity index (χ0n) is 11.0. The van der Waals surface area contributed by atoms with Crippen molar-refractivity contribution in [3.8, 4) is 5.75 Å². The fourth-order valence-electron chi connectivity index (χ4n) is 1.78. The number of ketones is 1. The second-order valence-electron chi connectivity index (χ2n) is 4.38. The van der Waals surface area contributed by atoms with E-state index < -0.39 is 5.82 Å². The predicted octanol–water partition coefficient (Wildman–Crippen LogP) is 5.33. The van der Waals surface area contributed by atoms with Gasteiger partial charge in [0.05, 0.1) is 10.6 Å². The molecule has 6 heteroatoms. The van der Waals surface area contributed by atoms with Gasteiger partial charge >= 0.3 is 0 Å². The number of carbonyl (C=O) groups is 1. The van der Waals surface area contributed by atoms with Crippen LogP contribution in [0.4, 0.5) is 4.39 Å². The Bertz CT molecular complexity index is 704. The van der Waals surface area contributed by atoms with Gasteiger partial charge in [-0.25, -0.2) is 4.39 Å². The summed E-state index contributed by atoms with van der Waals surface area (Å²) < 4.78 is 13.5. The molecule has 110 valence electrons. The van der Waals surface area contributed by atoms with Crippen molar-refractivity contribution >= 4 is 40.7 Å². The van der Waals surface area contributed by atoms with Crippen LogP contribution in [0.3, 0.4) is 0 Å². The van der Waals surface area contributed by atoms with Crippen LogP contribution < -0.4 is 0 Å². The highest BCUT2D eigenvalue weighted by Crippen LogP contribution is 2.35. The number of rotatable bonds is 4. The molecule has 0 atom stereocenters. The number of Topliss-reactive ketones (excluding diaryl/α,β-unsaturated/α-hetero) is 1. The van der Waals surface area contributed by atoms with Gasteiger partial charge in [-0.15, -0.1) is 11.8 Å². The van der Waals surface area contributed by atoms with Gasteiger partial charge in [0.15, 0.2) is 5.78 Å². The second kappa shape index (κ2) is 6.69. The van der Waals surface area contributed by atoms with Crippen LogP contribution in [0.25, 0.3) is 0 Å². The van der Waals surface area contributed by atoms with E-state index in [0.29, 0.717) is 15.6 Å². The molecule has 0 saturated heterocycles. The van der Waals surface area contributed by atoms with Crippen LogP contribution >= 0.6 is 35.0 Å². The second-order valence-corrected chi connectivity index (χ2v) is 6.24. The smallest absolute Gasteiger partial charge is 0.163 e. The standard InChI is InChI=1S/C15H11Cl2FO2S/c1-8(19)12-6-11(18)4-9(15(12)20)7-21-14-5-10(16)2-3-13(14)17/h2-6,20H,7H2,1H3. The average Bonchev–Trinajstić information content (AvgIpc) is 2.42. The van der Waals surface area contributed by atoms with Gasteiger partial charge in [-0.1, -0.05) is 23.2 Å². The highest BCUT2D eigenvalue weighted by molar-refractivity contribution is 7.98. The Kier molecular flexibility index (Phi) is 5.14. The van der Waals surface area contributed by atoms with Gasteiger partial charge in [0, 0.05) is 21.2 Å². The topological polar surface area (TPSA) is 37.3 Å². The molecule has 0 radical (unpaired) electrons. The molecule has 0 aliphatic rings. The molecule has 0 amide bonds. The molecule has 0 bridgehead atoms. The minimum atomic E-state index is -0.564. The van der Waals surface area contributed by atoms with Crippen molar-refractivity contribution in [3.05, 3.63) is 57.3 Å². The molecule has 2 rings (SSSR count). The van der Waals surface area contributed by atoms with Crippen LogP contribution in [0.2, 0.25) is 10.0 Å². The van der Waals surface area contributed by atoms with E-state index in [4.69, 9.17) is 23.2 Å². The maximum Gasteiger partial charge on any atom is 0.163 e. The van der Waals surface area contributed by atoms with E-state index in [9.17, 15) is 14.3 Å². The number of phenols is 1. The van der Waals surface area contributed by atoms with Crippen LogP contribution in [0.5, 0.6) is 5.75 Å². The van der Waals surface area contributed by atoms with E-state index >= 15 is 0 Å². The minimum absolute atomic E-state index is 0.0252. The molecule has 0 spiro atoms. The van der Waals surface area contributed by atoms with Crippen LogP contribution in [-0.2, 0) is 5.75 Å². The van der Waals surface area contributed by atoms with Crippen molar-refractivity contribution in [1.82, 2.24) is 0 Å². The highest BCUT2D eigenvalue weighted by Gasteiger charge is 2.14. The van der Waals surface area contributed by atoms with Crippen molar-refractivity contribution in [1.29, 1.82) is 0 Å². The summed E-state index contributed by atoms with van der Waals surface area (Å²) in [4.78, 5) is 12.1. The van der Waals surface area contributed by atoms with Crippen molar-refractivity contribution in [3.63, 3.8) is 0 Å². The molecule has 0 fully saturated rings. The summed E-state index contributed by atoms with van der Waals surface area (Å²) >= 11 is 13.2. The number of hydrogen-bond acceptors (Lipinski definition) is 3. The summed E-state index contributed by atoms with van der Waals surface area (Å²) in [7, 11) is 0. The molecule has 0 unspecified atom stereocenters. The maximum atomic E-state index is 13.5. The van der Waals surface area contributed by atoms with E-state index in [1.54, 1.807) is 18.2 Å². The Morgan fingerprint density at radius 1 is 1.29 bits per heavy atom. The number of thioether (sulfide) groups is 1. The first-order valence-corrected chi connectivity index (χ1v) is 7.73. The third kappa shape index (κ3) is 3.90. The van der Waals surface area contributed by atoms with Gasteiger partial charge in [-0.2, -0.15) is 0 Å². The third-order valence-electron chi connectivity index (χ3n) is 2.81. The Labute approximate surface area is 135 Å². The van der Waals surface area contributed by atoms with Crippen LogP contribution in [0.1, 0.15) is 22.8 Å². The van der Waals surface area contributed by atoms with Crippen LogP contribution in [-0.4, -0.2) is 10.9 Å². The summed E-state index contributed by atoms with van der Waals surface area (Å²) in [5, 5.41) is 11.1. The van der Waals surface area contributed by atoms with Gasteiger partial charge in [-0.3, -0.25) is 4.79 Å². The lowest BCUT2D eigenvalue weighted by Crippen LogP contribution is -1.97. The Hall–Kier alpha value is -1.23. The van der Waals surface area contributed by atoms with Gasteiger partial charge < -0.3 is 5.11 Å². The fourth-order valence-corrected chi connectivity index (χ4v) is 3.24. The molecular formula is C15H11Cl2FO2S. The van der Waals surface area contributed by atoms with E-state index in [0.717, 1.165) is 11.0 Å². The van der Waals surface area contributed by atoms with Crippen LogP contribution in [0.15, 0.2) is 35.2 Å². The summed E-state index contributed by atoms with van der Waals surface area (Å²) in [6.45, 7) is 1.28. The normalized spacial score (nSPS) is 10.7. The minimum Gasteiger partial charge on any atom is -0.507 e. The van der Waals surface area contributed by atoms with Gasteiger partial charge in [-0.05, 0) is 37.3 Å². The van der Waals surface area contributed by atoms with Gasteiger partial charge in [0.1, 0.15) is 11.6 Å². The molecule has 2 nitrogen and oxygen atoms in total. The Balaban J connectivity index is 2.28. The zero-order chi connectivity index (χ0) is 15.6. The summed E-state index contributed by atoms with van der Waals surface area (Å²) in [6.07, 6.45) is 0. The lowest BCUT2D eigenvalue weighted by atomic mass is 10.1. The molecule has 0 heterocycles. The van der Waals surface area contributed by atoms with Crippen molar-refractivity contribution in [2.24, 2.45) is 0 Å². The van der Waals surface area contributed by atoms with Crippen molar-refractivity contribution in [2.45, 2.75) is 17.6 Å². The lowest BCUT2D eigenvalue weighted by molar-refractivity contribution is 0.101. The molecule has 0 saturated carbocycles. The van der Waals surface area contributed by atoms with E-state index in [2.05, 4.69) is 0 Å². The maximum absolute atomic E-state index is 13.5. The molecular weight excluding hydrogens is 334 g/mol. The van der Waals surface area contributed by atoms with Crippen molar-refractivity contribution < 1.29 is 14.3 Å². The molecule has 21 heavy (non-hydrogen) atoms. The molecule has 0 aliphatic carbocycles. The van der Waals surface area contributed by atoms with Gasteiger partial charge in [0.25, 0.3) is 0 Å². The van der Waals surface area contributed by atoms with E-state index in [1.165, 1.54) is 24.8 Å². The number of benzene rings is 2. The first-order valence-electron chi connectivity index (χ1n) is 5.98. The highest BCUT2D eigenvalue weighted by atomic mass is 35.5. The van der Waals surface area contributed by atoms with E-state index in [1.807, 2.05) is 0 Å². The number of carbonyl (C=O) groups excluding carboxylic acids is 1. The summed E-state index contributed by atoms with van der Waals surface area (Å²) in [5.74, 6) is -0.886. The third-order valence-corrected chi connectivity index (χ3v) is 4.59. The quantitative estimate of drug-likeness (QED) is 0.601.